The first-order valence-corrected chi connectivity index (χ1v) is 7.58. The highest BCUT2D eigenvalue weighted by molar-refractivity contribution is 6.04. The van der Waals surface area contributed by atoms with Crippen LogP contribution in [0.5, 0.6) is 5.75 Å². The number of nitrogens with zero attached hydrogens (tertiary/aromatic N) is 2. The van der Waals surface area contributed by atoms with E-state index in [1.54, 1.807) is 19.2 Å². The highest BCUT2D eigenvalue weighted by atomic mass is 16.5. The smallest absolute Gasteiger partial charge is 0.328 e. The van der Waals surface area contributed by atoms with E-state index in [2.05, 4.69) is 5.10 Å². The molecule has 128 valence electrons. The normalized spacial score (nSPS) is 16.9. The summed E-state index contributed by atoms with van der Waals surface area (Å²) in [5, 5.41) is 14.3. The second-order valence-corrected chi connectivity index (χ2v) is 5.36. The van der Waals surface area contributed by atoms with Crippen molar-refractivity contribution in [3.8, 4) is 5.75 Å². The third-order valence-corrected chi connectivity index (χ3v) is 3.80. The van der Waals surface area contributed by atoms with Crippen LogP contribution in [0.25, 0.3) is 0 Å². The van der Waals surface area contributed by atoms with Gasteiger partial charge in [-0.15, -0.1) is 0 Å². The first kappa shape index (κ1) is 16.5. The van der Waals surface area contributed by atoms with Crippen molar-refractivity contribution in [1.82, 2.24) is 5.01 Å². The van der Waals surface area contributed by atoms with Gasteiger partial charge in [-0.25, -0.2) is 9.80 Å². The maximum absolute atomic E-state index is 12.3. The van der Waals surface area contributed by atoms with Crippen LogP contribution in [0.1, 0.15) is 23.8 Å². The second kappa shape index (κ2) is 7.04. The van der Waals surface area contributed by atoms with E-state index in [1.165, 1.54) is 11.3 Å². The molecule has 1 amide bonds. The minimum absolute atomic E-state index is 0.418. The molecule has 7 heteroatoms. The Morgan fingerprint density at radius 1 is 1.28 bits per heavy atom. The number of hydrogen-bond donors (Lipinski definition) is 1. The maximum Gasteiger partial charge on any atom is 0.328 e. The minimum Gasteiger partial charge on any atom is -0.497 e. The van der Waals surface area contributed by atoms with Gasteiger partial charge in [-0.05, 0) is 42.0 Å². The molecular weight excluding hydrogens is 324 g/mol. The van der Waals surface area contributed by atoms with Crippen LogP contribution in [0.3, 0.4) is 0 Å². The zero-order chi connectivity index (χ0) is 17.8. The molecule has 7 nitrogen and oxygen atoms in total. The van der Waals surface area contributed by atoms with Crippen LogP contribution in [-0.4, -0.2) is 34.8 Å². The average molecular weight is 340 g/mol. The van der Waals surface area contributed by atoms with Gasteiger partial charge >= 0.3 is 5.97 Å². The fourth-order valence-corrected chi connectivity index (χ4v) is 2.59. The molecule has 1 atom stereocenters. The molecule has 1 unspecified atom stereocenters. The number of ether oxygens (including phenoxy) is 1. The lowest BCUT2D eigenvalue weighted by molar-refractivity contribution is -0.132. The Kier molecular flexibility index (Phi) is 4.65. The topological polar surface area (TPSA) is 92.3 Å². The molecule has 0 bridgehead atoms. The number of hydrazone groups is 1. The van der Waals surface area contributed by atoms with Crippen LogP contribution < -0.4 is 4.74 Å². The molecule has 1 N–H and O–H groups in total. The fraction of sp³-hybridized carbons (Fsp3) is 0.167. The Labute approximate surface area is 143 Å². The van der Waals surface area contributed by atoms with Gasteiger partial charge in [0, 0.05) is 18.6 Å². The number of hydrogen-bond acceptors (Lipinski definition) is 5. The first-order chi connectivity index (χ1) is 12.1. The van der Waals surface area contributed by atoms with E-state index in [-0.39, 0.29) is 0 Å². The molecule has 0 radical (unpaired) electrons. The van der Waals surface area contributed by atoms with E-state index >= 15 is 0 Å². The van der Waals surface area contributed by atoms with Crippen molar-refractivity contribution in [2.24, 2.45) is 5.10 Å². The highest BCUT2D eigenvalue weighted by Gasteiger charge is 2.34. The van der Waals surface area contributed by atoms with E-state index in [0.29, 0.717) is 17.9 Å². The molecule has 0 fully saturated rings. The predicted molar refractivity (Wildman–Crippen MR) is 89.2 cm³/mol. The van der Waals surface area contributed by atoms with Gasteiger partial charge in [0.1, 0.15) is 17.6 Å². The lowest BCUT2D eigenvalue weighted by Gasteiger charge is -2.17. The van der Waals surface area contributed by atoms with Gasteiger partial charge in [-0.3, -0.25) is 4.79 Å². The number of carbonyl (C=O) groups excluding carboxylic acids is 1. The minimum atomic E-state index is -1.19. The van der Waals surface area contributed by atoms with Gasteiger partial charge in [-0.2, -0.15) is 5.10 Å². The number of amides is 1. The molecule has 0 saturated carbocycles. The quantitative estimate of drug-likeness (QED) is 0.845. The number of carboxylic acid groups (broad SMARTS) is 1. The summed E-state index contributed by atoms with van der Waals surface area (Å²) in [5.74, 6) is -0.402. The molecule has 0 aliphatic carbocycles. The number of aliphatic carboxylic acids is 1. The number of carboxylic acids is 1. The van der Waals surface area contributed by atoms with Crippen molar-refractivity contribution in [1.29, 1.82) is 0 Å². The van der Waals surface area contributed by atoms with Gasteiger partial charge in [-0.1, -0.05) is 0 Å². The van der Waals surface area contributed by atoms with Gasteiger partial charge in [0.25, 0.3) is 5.91 Å². The van der Waals surface area contributed by atoms with Gasteiger partial charge < -0.3 is 14.3 Å². The summed E-state index contributed by atoms with van der Waals surface area (Å²) in [6.07, 6.45) is 3.77. The number of methoxy groups -OCH3 is 1. The van der Waals surface area contributed by atoms with Gasteiger partial charge in [0.2, 0.25) is 0 Å². The van der Waals surface area contributed by atoms with Crippen LogP contribution in [0, 0.1) is 0 Å². The SMILES string of the molecule is COc1ccc(C2=NN(C(=O)/C=C/C(=O)O)C(c3ccco3)C2)cc1. The van der Waals surface area contributed by atoms with Crippen molar-refractivity contribution in [3.63, 3.8) is 0 Å². The highest BCUT2D eigenvalue weighted by Crippen LogP contribution is 2.33. The van der Waals surface area contributed by atoms with Crippen molar-refractivity contribution in [2.75, 3.05) is 7.11 Å². The lowest BCUT2D eigenvalue weighted by Crippen LogP contribution is -2.25. The fourth-order valence-electron chi connectivity index (χ4n) is 2.59. The summed E-state index contributed by atoms with van der Waals surface area (Å²) in [7, 11) is 1.59. The molecule has 0 saturated heterocycles. The second-order valence-electron chi connectivity index (χ2n) is 5.36. The van der Waals surface area contributed by atoms with Crippen molar-refractivity contribution in [3.05, 3.63) is 66.1 Å². The molecule has 2 heterocycles. The summed E-state index contributed by atoms with van der Waals surface area (Å²) in [6.45, 7) is 0. The van der Waals surface area contributed by atoms with E-state index in [4.69, 9.17) is 14.3 Å². The summed E-state index contributed by atoms with van der Waals surface area (Å²) in [4.78, 5) is 23.0. The Bertz CT molecular complexity index is 822. The van der Waals surface area contributed by atoms with E-state index in [0.717, 1.165) is 23.5 Å². The summed E-state index contributed by atoms with van der Waals surface area (Å²) in [5.41, 5.74) is 1.57. The number of furan rings is 1. The van der Waals surface area contributed by atoms with Crippen LogP contribution in [0.15, 0.2) is 64.3 Å². The van der Waals surface area contributed by atoms with Crippen LogP contribution in [0.4, 0.5) is 0 Å². The first-order valence-electron chi connectivity index (χ1n) is 7.58. The molecule has 1 aromatic carbocycles. The van der Waals surface area contributed by atoms with Crippen LogP contribution in [0.2, 0.25) is 0 Å². The Morgan fingerprint density at radius 2 is 2.04 bits per heavy atom. The van der Waals surface area contributed by atoms with Gasteiger partial charge in [0.15, 0.2) is 0 Å². The maximum atomic E-state index is 12.3. The van der Waals surface area contributed by atoms with E-state index in [1.807, 2.05) is 24.3 Å². The van der Waals surface area contributed by atoms with Crippen molar-refractivity contribution >= 4 is 17.6 Å². The Morgan fingerprint density at radius 3 is 2.64 bits per heavy atom. The van der Waals surface area contributed by atoms with Gasteiger partial charge in [0.05, 0.1) is 19.1 Å². The third kappa shape index (κ3) is 3.60. The Balaban J connectivity index is 1.90. The average Bonchev–Trinajstić information content (AvgIpc) is 3.29. The third-order valence-electron chi connectivity index (χ3n) is 3.80. The summed E-state index contributed by atoms with van der Waals surface area (Å²) in [6, 6.07) is 10.4. The predicted octanol–water partition coefficient (Wildman–Crippen LogP) is 2.61. The van der Waals surface area contributed by atoms with Crippen LogP contribution >= 0.6 is 0 Å². The largest absolute Gasteiger partial charge is 0.497 e. The molecular formula is C18H16N2O5. The molecule has 25 heavy (non-hydrogen) atoms. The van der Waals surface area contributed by atoms with E-state index in [9.17, 15) is 9.59 Å². The molecule has 2 aromatic rings. The number of benzene rings is 1. The van der Waals surface area contributed by atoms with E-state index < -0.39 is 17.9 Å². The molecule has 3 rings (SSSR count). The molecule has 1 aliphatic heterocycles. The number of carbonyl (C=O) groups is 2. The number of rotatable bonds is 5. The molecule has 0 spiro atoms. The van der Waals surface area contributed by atoms with Crippen molar-refractivity contribution < 1.29 is 23.8 Å². The standard InChI is InChI=1S/C18H16N2O5/c1-24-13-6-4-12(5-7-13)14-11-15(16-3-2-10-25-16)20(19-14)17(21)8-9-18(22)23/h2-10,15H,11H2,1H3,(H,22,23)/b9-8+. The monoisotopic (exact) mass is 340 g/mol. The zero-order valence-electron chi connectivity index (χ0n) is 13.5. The lowest BCUT2D eigenvalue weighted by atomic mass is 10.0. The molecule has 1 aliphatic rings. The summed E-state index contributed by atoms with van der Waals surface area (Å²) >= 11 is 0. The van der Waals surface area contributed by atoms with Crippen LogP contribution in [-0.2, 0) is 9.59 Å². The zero-order valence-corrected chi connectivity index (χ0v) is 13.5. The molecule has 1 aromatic heterocycles. The Hall–Kier alpha value is -3.35. The summed E-state index contributed by atoms with van der Waals surface area (Å²) < 4.78 is 10.6. The van der Waals surface area contributed by atoms with Crippen molar-refractivity contribution in [2.45, 2.75) is 12.5 Å².